The van der Waals surface area contributed by atoms with Gasteiger partial charge in [-0.05, 0) is 51.4 Å². The van der Waals surface area contributed by atoms with Crippen molar-refractivity contribution in [3.63, 3.8) is 0 Å². The number of benzene rings is 4. The summed E-state index contributed by atoms with van der Waals surface area (Å²) in [7, 11) is 0. The molecule has 0 aliphatic heterocycles. The fraction of sp³-hybridized carbons (Fsp3) is 0.194. The Morgan fingerprint density at radius 1 is 0.837 bits per heavy atom. The van der Waals surface area contributed by atoms with Gasteiger partial charge >= 0.3 is 5.97 Å². The number of nitrogens with zero attached hydrogens (tertiary/aromatic N) is 1. The lowest BCUT2D eigenvalue weighted by Gasteiger charge is -2.18. The van der Waals surface area contributed by atoms with Crippen LogP contribution in [0.15, 0.2) is 108 Å². The summed E-state index contributed by atoms with van der Waals surface area (Å²) < 4.78 is 5.76. The number of hydrogen-bond donors (Lipinski definition) is 2. The smallest absolute Gasteiger partial charge is 0.337 e. The predicted octanol–water partition coefficient (Wildman–Crippen LogP) is 7.82. The van der Waals surface area contributed by atoms with E-state index in [9.17, 15) is 14.7 Å². The first-order valence-electron chi connectivity index (χ1n) is 14.1. The average molecular weight is 577 g/mol. The highest BCUT2D eigenvalue weighted by atomic mass is 16.6. The molecule has 7 heteroatoms. The Morgan fingerprint density at radius 3 is 2.19 bits per heavy atom. The summed E-state index contributed by atoms with van der Waals surface area (Å²) in [5.41, 5.74) is 5.45. The number of ether oxygens (including phenoxy) is 1. The quantitative estimate of drug-likeness (QED) is 0.0776. The number of carbonyl (C=O) groups excluding carboxylic acids is 1. The maximum atomic E-state index is 12.6. The number of rotatable bonds is 12. The molecule has 7 nitrogen and oxygen atoms in total. The van der Waals surface area contributed by atoms with Crippen molar-refractivity contribution >= 4 is 29.9 Å². The second-order valence-corrected chi connectivity index (χ2v) is 11.0. The molecule has 4 rings (SSSR count). The number of nitrogens with one attached hydrogen (secondary N) is 1. The molecule has 0 aliphatic carbocycles. The number of carbonyl (C=O) groups is 2. The molecule has 0 saturated heterocycles. The van der Waals surface area contributed by atoms with Gasteiger partial charge in [-0.2, -0.15) is 0 Å². The lowest BCUT2D eigenvalue weighted by atomic mass is 9.87. The molecule has 0 heterocycles. The van der Waals surface area contributed by atoms with E-state index in [-0.39, 0.29) is 16.7 Å². The topological polar surface area (TPSA) is 97.2 Å². The summed E-state index contributed by atoms with van der Waals surface area (Å²) in [5, 5.41) is 16.3. The highest BCUT2D eigenvalue weighted by Gasteiger charge is 2.14. The molecule has 0 aliphatic rings. The molecule has 43 heavy (non-hydrogen) atoms. The molecule has 0 fully saturated rings. The number of carboxylic acids is 1. The lowest BCUT2D eigenvalue weighted by Crippen LogP contribution is -2.12. The highest BCUT2D eigenvalue weighted by molar-refractivity contribution is 6.06. The molecule has 2 N–H and O–H groups in total. The summed E-state index contributed by atoms with van der Waals surface area (Å²) in [6.45, 7) is 7.19. The van der Waals surface area contributed by atoms with Crippen molar-refractivity contribution in [1.82, 2.24) is 0 Å². The van der Waals surface area contributed by atoms with Crippen LogP contribution in [0.4, 0.5) is 5.69 Å². The van der Waals surface area contributed by atoms with Gasteiger partial charge in [-0.25, -0.2) is 4.79 Å². The van der Waals surface area contributed by atoms with E-state index in [4.69, 9.17) is 9.57 Å². The van der Waals surface area contributed by atoms with E-state index in [2.05, 4.69) is 43.4 Å². The summed E-state index contributed by atoms with van der Waals surface area (Å²) in [5.74, 6) is -1.17. The first-order chi connectivity index (χ1) is 20.7. The number of oxime groups is 1. The van der Waals surface area contributed by atoms with Crippen LogP contribution in [0.1, 0.15) is 54.2 Å². The van der Waals surface area contributed by atoms with Crippen LogP contribution in [-0.2, 0) is 15.0 Å². The number of amides is 1. The normalized spacial score (nSPS) is 11.5. The Hall–Kier alpha value is -5.17. The van der Waals surface area contributed by atoms with Gasteiger partial charge in [0, 0.05) is 18.6 Å². The van der Waals surface area contributed by atoms with E-state index in [1.165, 1.54) is 23.8 Å². The van der Waals surface area contributed by atoms with Crippen molar-refractivity contribution in [1.29, 1.82) is 0 Å². The SMILES string of the molecule is CC(C)(C)c1ccc(C=NOCCCOc2ccc(C(=O)O)c(NC(=O)C=Cc3ccc(-c4ccccc4)cc3)c2)cc1. The molecule has 0 bridgehead atoms. The molecule has 0 saturated carbocycles. The number of carboxylic acid groups (broad SMARTS) is 1. The average Bonchev–Trinajstić information content (AvgIpc) is 3.00. The zero-order valence-corrected chi connectivity index (χ0v) is 24.6. The van der Waals surface area contributed by atoms with Crippen LogP contribution in [-0.4, -0.2) is 36.4 Å². The van der Waals surface area contributed by atoms with Gasteiger partial charge in [-0.15, -0.1) is 0 Å². The molecule has 0 atom stereocenters. The Kier molecular flexibility index (Phi) is 10.5. The molecule has 4 aromatic rings. The van der Waals surface area contributed by atoms with E-state index in [0.717, 1.165) is 22.3 Å². The Balaban J connectivity index is 1.26. The van der Waals surface area contributed by atoms with E-state index in [1.807, 2.05) is 66.7 Å². The maximum absolute atomic E-state index is 12.6. The van der Waals surface area contributed by atoms with Crippen LogP contribution in [0.25, 0.3) is 17.2 Å². The highest BCUT2D eigenvalue weighted by Crippen LogP contribution is 2.24. The number of anilines is 1. The molecule has 4 aromatic carbocycles. The number of hydrogen-bond acceptors (Lipinski definition) is 5. The van der Waals surface area contributed by atoms with E-state index < -0.39 is 11.9 Å². The van der Waals surface area contributed by atoms with Crippen molar-refractivity contribution in [2.24, 2.45) is 5.16 Å². The van der Waals surface area contributed by atoms with Crippen molar-refractivity contribution in [3.8, 4) is 16.9 Å². The molecule has 220 valence electrons. The number of aromatic carboxylic acids is 1. The summed E-state index contributed by atoms with van der Waals surface area (Å²) in [6.07, 6.45) is 5.28. The van der Waals surface area contributed by atoms with Gasteiger partial charge in [0.05, 0.1) is 24.1 Å². The largest absolute Gasteiger partial charge is 0.493 e. The zero-order chi connectivity index (χ0) is 30.7. The van der Waals surface area contributed by atoms with Crippen LogP contribution in [0.2, 0.25) is 0 Å². The van der Waals surface area contributed by atoms with Gasteiger partial charge in [0.25, 0.3) is 0 Å². The standard InChI is InChI=1S/C36H36N2O5/c1-36(2,3)30-17-12-27(13-18-30)25-37-43-23-7-22-42-31-19-20-32(35(40)41)33(24-31)38-34(39)21-14-26-10-15-29(16-11-26)28-8-5-4-6-9-28/h4-6,8-21,24-25H,7,22-23H2,1-3H3,(H,38,39)(H,40,41). The first kappa shape index (κ1) is 30.8. The minimum atomic E-state index is -1.15. The zero-order valence-electron chi connectivity index (χ0n) is 24.6. The summed E-state index contributed by atoms with van der Waals surface area (Å²) >= 11 is 0. The predicted molar refractivity (Wildman–Crippen MR) is 172 cm³/mol. The molecule has 1 amide bonds. The van der Waals surface area contributed by atoms with E-state index >= 15 is 0 Å². The molecule has 0 spiro atoms. The van der Waals surface area contributed by atoms with E-state index in [0.29, 0.717) is 25.4 Å². The van der Waals surface area contributed by atoms with Crippen LogP contribution in [0.5, 0.6) is 5.75 Å². The van der Waals surface area contributed by atoms with Crippen molar-refractivity contribution in [3.05, 3.63) is 125 Å². The fourth-order valence-corrected chi connectivity index (χ4v) is 4.20. The van der Waals surface area contributed by atoms with Crippen LogP contribution < -0.4 is 10.1 Å². The minimum absolute atomic E-state index is 0.0329. The molecular weight excluding hydrogens is 540 g/mol. The van der Waals surface area contributed by atoms with Gasteiger partial charge in [-0.3, -0.25) is 4.79 Å². The van der Waals surface area contributed by atoms with Gasteiger partial charge < -0.3 is 20.0 Å². The van der Waals surface area contributed by atoms with Crippen LogP contribution in [0, 0.1) is 0 Å². The van der Waals surface area contributed by atoms with E-state index in [1.54, 1.807) is 18.4 Å². The molecule has 0 radical (unpaired) electrons. The van der Waals surface area contributed by atoms with Crippen molar-refractivity contribution in [2.45, 2.75) is 32.6 Å². The van der Waals surface area contributed by atoms with Crippen LogP contribution >= 0.6 is 0 Å². The van der Waals surface area contributed by atoms with Crippen LogP contribution in [0.3, 0.4) is 0 Å². The minimum Gasteiger partial charge on any atom is -0.493 e. The van der Waals surface area contributed by atoms with Gasteiger partial charge in [-0.1, -0.05) is 105 Å². The summed E-state index contributed by atoms with van der Waals surface area (Å²) in [6, 6.07) is 30.5. The third-order valence-corrected chi connectivity index (χ3v) is 6.63. The van der Waals surface area contributed by atoms with Gasteiger partial charge in [0.2, 0.25) is 5.91 Å². The van der Waals surface area contributed by atoms with Crippen molar-refractivity contribution in [2.75, 3.05) is 18.5 Å². The molecule has 0 unspecified atom stereocenters. The Morgan fingerprint density at radius 2 is 1.51 bits per heavy atom. The second kappa shape index (κ2) is 14.6. The van der Waals surface area contributed by atoms with Gasteiger partial charge in [0.15, 0.2) is 0 Å². The third-order valence-electron chi connectivity index (χ3n) is 6.63. The van der Waals surface area contributed by atoms with Gasteiger partial charge in [0.1, 0.15) is 12.4 Å². The molecular formula is C36H36N2O5. The Labute approximate surface area is 252 Å². The molecule has 0 aromatic heterocycles. The summed E-state index contributed by atoms with van der Waals surface area (Å²) in [4.78, 5) is 29.7. The lowest BCUT2D eigenvalue weighted by molar-refractivity contribution is -0.111. The van der Waals surface area contributed by atoms with Crippen molar-refractivity contribution < 1.29 is 24.3 Å². The fourth-order valence-electron chi connectivity index (χ4n) is 4.20. The third kappa shape index (κ3) is 9.43. The maximum Gasteiger partial charge on any atom is 0.337 e. The monoisotopic (exact) mass is 576 g/mol. The Bertz CT molecular complexity index is 1570. The second-order valence-electron chi connectivity index (χ2n) is 11.0. The first-order valence-corrected chi connectivity index (χ1v) is 14.1.